The lowest BCUT2D eigenvalue weighted by Crippen LogP contribution is -2.27. The molecule has 1 rings (SSSR count). The van der Waals surface area contributed by atoms with Crippen LogP contribution in [-0.4, -0.2) is 21.9 Å². The summed E-state index contributed by atoms with van der Waals surface area (Å²) in [6.45, 7) is 4.18. The van der Waals surface area contributed by atoms with E-state index >= 15 is 0 Å². The minimum atomic E-state index is -0.506. The van der Waals surface area contributed by atoms with Crippen LogP contribution in [0.5, 0.6) is 0 Å². The van der Waals surface area contributed by atoms with E-state index in [0.717, 1.165) is 0 Å². The van der Waals surface area contributed by atoms with Gasteiger partial charge in [-0.25, -0.2) is 0 Å². The molecule has 102 valence electrons. The van der Waals surface area contributed by atoms with Crippen molar-refractivity contribution in [2.45, 2.75) is 32.7 Å². The first-order valence-corrected chi connectivity index (χ1v) is 6.05. The monoisotopic (exact) mass is 263 g/mol. The molecule has 0 aromatic carbocycles. The highest BCUT2D eigenvalue weighted by Gasteiger charge is 2.20. The van der Waals surface area contributed by atoms with Crippen LogP contribution < -0.4 is 5.32 Å². The molecule has 0 unspecified atom stereocenters. The third-order valence-corrected chi connectivity index (χ3v) is 2.62. The normalized spacial score (nSPS) is 10.2. The Kier molecular flexibility index (Phi) is 5.12. The Morgan fingerprint density at radius 3 is 2.84 bits per heavy atom. The molecule has 1 amide bonds. The van der Waals surface area contributed by atoms with Gasteiger partial charge in [-0.1, -0.05) is 0 Å². The summed E-state index contributed by atoms with van der Waals surface area (Å²) >= 11 is 0. The Balaban J connectivity index is 2.83. The third-order valence-electron chi connectivity index (χ3n) is 2.62. The highest BCUT2D eigenvalue weighted by Crippen LogP contribution is 2.20. The summed E-state index contributed by atoms with van der Waals surface area (Å²) < 4.78 is 1.59. The largest absolute Gasteiger partial charge is 0.351 e. The lowest BCUT2D eigenvalue weighted by atomic mass is 10.3. The fraction of sp³-hybridized carbons (Fsp3) is 0.462. The number of rotatable bonds is 6. The molecule has 0 atom stereocenters. The summed E-state index contributed by atoms with van der Waals surface area (Å²) in [4.78, 5) is 22.2. The smallest absolute Gasteiger partial charge is 0.287 e. The van der Waals surface area contributed by atoms with Crippen molar-refractivity contribution in [2.24, 2.45) is 0 Å². The molecular formula is C13H17N3O3. The Hall–Kier alpha value is -2.29. The number of aromatic nitrogens is 1. The van der Waals surface area contributed by atoms with Gasteiger partial charge in [0.25, 0.3) is 11.6 Å². The molecule has 6 nitrogen and oxygen atoms in total. The molecule has 6 heteroatoms. The van der Waals surface area contributed by atoms with Crippen molar-refractivity contribution >= 4 is 11.6 Å². The van der Waals surface area contributed by atoms with E-state index < -0.39 is 4.92 Å². The molecule has 1 aromatic rings. The number of terminal acetylenes is 1. The summed E-state index contributed by atoms with van der Waals surface area (Å²) in [5.74, 6) is 2.16. The first-order valence-electron chi connectivity index (χ1n) is 6.05. The van der Waals surface area contributed by atoms with E-state index in [4.69, 9.17) is 6.42 Å². The SMILES string of the molecule is C#CCCCNC(=O)c1cc([N+](=O)[O-])cn1C(C)C. The van der Waals surface area contributed by atoms with Gasteiger partial charge in [-0.3, -0.25) is 14.9 Å². The Bertz CT molecular complexity index is 512. The fourth-order valence-corrected chi connectivity index (χ4v) is 1.66. The molecule has 0 fully saturated rings. The van der Waals surface area contributed by atoms with Gasteiger partial charge in [-0.05, 0) is 20.3 Å². The number of amides is 1. The van der Waals surface area contributed by atoms with E-state index in [2.05, 4.69) is 11.2 Å². The third kappa shape index (κ3) is 3.85. The summed E-state index contributed by atoms with van der Waals surface area (Å²) in [7, 11) is 0. The molecular weight excluding hydrogens is 246 g/mol. The quantitative estimate of drug-likeness (QED) is 0.369. The molecule has 0 saturated carbocycles. The predicted molar refractivity (Wildman–Crippen MR) is 71.9 cm³/mol. The van der Waals surface area contributed by atoms with Crippen LogP contribution in [0.3, 0.4) is 0 Å². The summed E-state index contributed by atoms with van der Waals surface area (Å²) in [6, 6.07) is 1.26. The second kappa shape index (κ2) is 6.59. The second-order valence-corrected chi connectivity index (χ2v) is 4.41. The number of hydrogen-bond donors (Lipinski definition) is 1. The van der Waals surface area contributed by atoms with Crippen LogP contribution in [-0.2, 0) is 0 Å². The first-order chi connectivity index (χ1) is 8.97. The average molecular weight is 263 g/mol. The van der Waals surface area contributed by atoms with Crippen molar-refractivity contribution in [2.75, 3.05) is 6.54 Å². The van der Waals surface area contributed by atoms with Crippen LogP contribution in [0.4, 0.5) is 5.69 Å². The van der Waals surface area contributed by atoms with Crippen molar-refractivity contribution in [3.63, 3.8) is 0 Å². The Labute approximate surface area is 111 Å². The van der Waals surface area contributed by atoms with Crippen molar-refractivity contribution < 1.29 is 9.72 Å². The molecule has 19 heavy (non-hydrogen) atoms. The van der Waals surface area contributed by atoms with Crippen molar-refractivity contribution in [1.82, 2.24) is 9.88 Å². The van der Waals surface area contributed by atoms with Gasteiger partial charge in [-0.15, -0.1) is 12.3 Å². The molecule has 1 heterocycles. The maximum atomic E-state index is 12.0. The van der Waals surface area contributed by atoms with Gasteiger partial charge >= 0.3 is 0 Å². The zero-order valence-corrected chi connectivity index (χ0v) is 11.0. The molecule has 0 aliphatic rings. The maximum Gasteiger partial charge on any atom is 0.287 e. The lowest BCUT2D eigenvalue weighted by molar-refractivity contribution is -0.384. The van der Waals surface area contributed by atoms with E-state index in [1.54, 1.807) is 4.57 Å². The number of carbonyl (C=O) groups is 1. The maximum absolute atomic E-state index is 12.0. The molecule has 0 aliphatic carbocycles. The van der Waals surface area contributed by atoms with Crippen LogP contribution >= 0.6 is 0 Å². The summed E-state index contributed by atoms with van der Waals surface area (Å²) in [5, 5.41) is 13.5. The van der Waals surface area contributed by atoms with Gasteiger partial charge in [0, 0.05) is 25.1 Å². The van der Waals surface area contributed by atoms with Crippen molar-refractivity contribution in [3.8, 4) is 12.3 Å². The minimum absolute atomic E-state index is 0.0276. The fourth-order valence-electron chi connectivity index (χ4n) is 1.66. The van der Waals surface area contributed by atoms with E-state index in [0.29, 0.717) is 25.1 Å². The van der Waals surface area contributed by atoms with Gasteiger partial charge in [0.05, 0.1) is 11.1 Å². The van der Waals surface area contributed by atoms with Crippen LogP contribution in [0.25, 0.3) is 0 Å². The number of carbonyl (C=O) groups excluding carboxylic acids is 1. The molecule has 1 aromatic heterocycles. The number of nitro groups is 1. The zero-order chi connectivity index (χ0) is 14.4. The van der Waals surface area contributed by atoms with Gasteiger partial charge in [0.1, 0.15) is 5.69 Å². The van der Waals surface area contributed by atoms with Gasteiger partial charge in [0.15, 0.2) is 0 Å². The van der Waals surface area contributed by atoms with E-state index in [9.17, 15) is 14.9 Å². The van der Waals surface area contributed by atoms with Crippen LogP contribution in [0.1, 0.15) is 43.2 Å². The highest BCUT2D eigenvalue weighted by molar-refractivity contribution is 5.93. The van der Waals surface area contributed by atoms with Gasteiger partial charge in [-0.2, -0.15) is 0 Å². The van der Waals surface area contributed by atoms with Crippen LogP contribution in [0, 0.1) is 22.5 Å². The van der Waals surface area contributed by atoms with E-state index in [1.807, 2.05) is 13.8 Å². The van der Waals surface area contributed by atoms with Crippen LogP contribution in [0.15, 0.2) is 12.3 Å². The van der Waals surface area contributed by atoms with Crippen molar-refractivity contribution in [3.05, 3.63) is 28.1 Å². The van der Waals surface area contributed by atoms with Crippen LogP contribution in [0.2, 0.25) is 0 Å². The first kappa shape index (κ1) is 14.8. The van der Waals surface area contributed by atoms with Gasteiger partial charge < -0.3 is 9.88 Å². The molecule has 0 radical (unpaired) electrons. The highest BCUT2D eigenvalue weighted by atomic mass is 16.6. The molecule has 0 saturated heterocycles. The topological polar surface area (TPSA) is 77.2 Å². The number of nitrogens with one attached hydrogen (secondary N) is 1. The molecule has 0 bridgehead atoms. The number of hydrogen-bond acceptors (Lipinski definition) is 3. The Morgan fingerprint density at radius 1 is 1.63 bits per heavy atom. The van der Waals surface area contributed by atoms with Crippen molar-refractivity contribution in [1.29, 1.82) is 0 Å². The minimum Gasteiger partial charge on any atom is -0.351 e. The molecule has 0 aliphatic heterocycles. The summed E-state index contributed by atoms with van der Waals surface area (Å²) in [6.07, 6.45) is 7.77. The van der Waals surface area contributed by atoms with E-state index in [-0.39, 0.29) is 17.6 Å². The molecule has 0 spiro atoms. The van der Waals surface area contributed by atoms with Gasteiger partial charge in [0.2, 0.25) is 0 Å². The predicted octanol–water partition coefficient (Wildman–Crippen LogP) is 2.12. The second-order valence-electron chi connectivity index (χ2n) is 4.41. The molecule has 1 N–H and O–H groups in total. The Morgan fingerprint density at radius 2 is 2.32 bits per heavy atom. The average Bonchev–Trinajstić information content (AvgIpc) is 2.79. The summed E-state index contributed by atoms with van der Waals surface area (Å²) in [5.41, 5.74) is 0.213. The standard InChI is InChI=1S/C13H17N3O3/c1-4-5-6-7-14-13(17)12-8-11(16(18)19)9-15(12)10(2)3/h1,8-10H,5-7H2,2-3H3,(H,14,17). The number of nitrogens with zero attached hydrogens (tertiary/aromatic N) is 2. The van der Waals surface area contributed by atoms with E-state index in [1.165, 1.54) is 12.3 Å². The lowest BCUT2D eigenvalue weighted by Gasteiger charge is -2.11. The zero-order valence-electron chi connectivity index (χ0n) is 11.0. The number of unbranched alkanes of at least 4 members (excludes halogenated alkanes) is 1.